The Bertz CT molecular complexity index is 594. The maximum absolute atomic E-state index is 12.5. The Labute approximate surface area is 138 Å². The highest BCUT2D eigenvalue weighted by atomic mass is 32.2. The van der Waals surface area contributed by atoms with Gasteiger partial charge in [-0.3, -0.25) is 4.90 Å². The van der Waals surface area contributed by atoms with Gasteiger partial charge in [0.2, 0.25) is 0 Å². The van der Waals surface area contributed by atoms with Crippen molar-refractivity contribution in [2.45, 2.75) is 18.9 Å². The van der Waals surface area contributed by atoms with Crippen LogP contribution < -0.4 is 0 Å². The zero-order valence-electron chi connectivity index (χ0n) is 13.3. The van der Waals surface area contributed by atoms with Gasteiger partial charge in [-0.15, -0.1) is 0 Å². The van der Waals surface area contributed by atoms with E-state index in [9.17, 15) is 13.5 Å². The van der Waals surface area contributed by atoms with Gasteiger partial charge < -0.3 is 5.11 Å². The second kappa shape index (κ2) is 7.27. The summed E-state index contributed by atoms with van der Waals surface area (Å²) in [5.41, 5.74) is 0.902. The monoisotopic (exact) mass is 339 g/mol. The van der Waals surface area contributed by atoms with Gasteiger partial charge >= 0.3 is 0 Å². The Morgan fingerprint density at radius 3 is 2.09 bits per heavy atom. The number of rotatable bonds is 5. The minimum Gasteiger partial charge on any atom is -0.387 e. The first-order chi connectivity index (χ1) is 11.1. The molecule has 6 nitrogen and oxygen atoms in total. The third kappa shape index (κ3) is 3.92. The van der Waals surface area contributed by atoms with Crippen molar-refractivity contribution >= 4 is 10.2 Å². The van der Waals surface area contributed by atoms with Crippen molar-refractivity contribution in [3.05, 3.63) is 35.9 Å². The third-order valence-electron chi connectivity index (χ3n) is 4.66. The van der Waals surface area contributed by atoms with Crippen LogP contribution in [0, 0.1) is 0 Å². The SMILES string of the molecule is O=S(=O)(N1CCCC1)N1CCN(CC(O)c2ccccc2)CC1. The fourth-order valence-electron chi connectivity index (χ4n) is 3.25. The minimum atomic E-state index is -3.29. The zero-order chi connectivity index (χ0) is 16.3. The van der Waals surface area contributed by atoms with E-state index in [-0.39, 0.29) is 0 Å². The molecule has 23 heavy (non-hydrogen) atoms. The van der Waals surface area contributed by atoms with E-state index in [1.807, 2.05) is 30.3 Å². The van der Waals surface area contributed by atoms with Gasteiger partial charge in [0.05, 0.1) is 6.10 Å². The molecule has 0 aromatic heterocycles. The molecule has 2 fully saturated rings. The van der Waals surface area contributed by atoms with Gasteiger partial charge in [-0.25, -0.2) is 0 Å². The molecule has 1 atom stereocenters. The molecule has 2 aliphatic heterocycles. The second-order valence-corrected chi connectivity index (χ2v) is 8.17. The van der Waals surface area contributed by atoms with E-state index < -0.39 is 16.3 Å². The number of hydrogen-bond acceptors (Lipinski definition) is 4. The molecule has 1 aromatic carbocycles. The first-order valence-electron chi connectivity index (χ1n) is 8.28. The van der Waals surface area contributed by atoms with Crippen molar-refractivity contribution in [2.75, 3.05) is 45.8 Å². The lowest BCUT2D eigenvalue weighted by Crippen LogP contribution is -2.53. The molecule has 1 aromatic rings. The smallest absolute Gasteiger partial charge is 0.282 e. The molecule has 0 radical (unpaired) electrons. The van der Waals surface area contributed by atoms with Crippen LogP contribution in [0.2, 0.25) is 0 Å². The van der Waals surface area contributed by atoms with Gasteiger partial charge in [0.15, 0.2) is 0 Å². The van der Waals surface area contributed by atoms with Crippen molar-refractivity contribution in [1.82, 2.24) is 13.5 Å². The minimum absolute atomic E-state index is 0.500. The molecule has 1 unspecified atom stereocenters. The highest BCUT2D eigenvalue weighted by Crippen LogP contribution is 2.19. The van der Waals surface area contributed by atoms with Crippen LogP contribution >= 0.6 is 0 Å². The van der Waals surface area contributed by atoms with Crippen LogP contribution in [0.15, 0.2) is 30.3 Å². The first-order valence-corrected chi connectivity index (χ1v) is 9.67. The molecule has 0 aliphatic carbocycles. The van der Waals surface area contributed by atoms with E-state index in [2.05, 4.69) is 4.90 Å². The number of aliphatic hydroxyl groups is 1. The summed E-state index contributed by atoms with van der Waals surface area (Å²) in [6, 6.07) is 9.59. The largest absolute Gasteiger partial charge is 0.387 e. The molecule has 2 saturated heterocycles. The van der Waals surface area contributed by atoms with Gasteiger partial charge in [-0.05, 0) is 18.4 Å². The number of piperazine rings is 1. The summed E-state index contributed by atoms with van der Waals surface area (Å²) < 4.78 is 28.2. The number of β-amino-alcohol motifs (C(OH)–C–C–N with tert-alkyl or cyclic N) is 1. The molecule has 3 rings (SSSR count). The zero-order valence-corrected chi connectivity index (χ0v) is 14.2. The van der Waals surface area contributed by atoms with Crippen LogP contribution in [0.3, 0.4) is 0 Å². The molecule has 0 bridgehead atoms. The average Bonchev–Trinajstić information content (AvgIpc) is 3.11. The van der Waals surface area contributed by atoms with Crippen molar-refractivity contribution in [1.29, 1.82) is 0 Å². The fourth-order valence-corrected chi connectivity index (χ4v) is 4.92. The predicted octanol–water partition coefficient (Wildman–Crippen LogP) is 0.678. The Kier molecular flexibility index (Phi) is 5.33. The highest BCUT2D eigenvalue weighted by Gasteiger charge is 2.33. The summed E-state index contributed by atoms with van der Waals surface area (Å²) in [7, 11) is -3.29. The van der Waals surface area contributed by atoms with Crippen molar-refractivity contribution < 1.29 is 13.5 Å². The summed E-state index contributed by atoms with van der Waals surface area (Å²) in [5.74, 6) is 0. The molecule has 0 amide bonds. The third-order valence-corrected chi connectivity index (χ3v) is 6.70. The van der Waals surface area contributed by atoms with E-state index in [4.69, 9.17) is 0 Å². The van der Waals surface area contributed by atoms with Crippen molar-refractivity contribution in [3.8, 4) is 0 Å². The molecular weight excluding hydrogens is 314 g/mol. The maximum atomic E-state index is 12.5. The molecule has 0 spiro atoms. The van der Waals surface area contributed by atoms with Gasteiger partial charge in [0, 0.05) is 45.8 Å². The number of benzene rings is 1. The Morgan fingerprint density at radius 2 is 1.48 bits per heavy atom. The van der Waals surface area contributed by atoms with Gasteiger partial charge in [0.25, 0.3) is 10.2 Å². The highest BCUT2D eigenvalue weighted by molar-refractivity contribution is 7.86. The second-order valence-electron chi connectivity index (χ2n) is 6.24. The van der Waals surface area contributed by atoms with Crippen LogP contribution in [0.4, 0.5) is 0 Å². The molecule has 128 valence electrons. The lowest BCUT2D eigenvalue weighted by Gasteiger charge is -2.36. The van der Waals surface area contributed by atoms with E-state index >= 15 is 0 Å². The molecular formula is C16H25N3O3S. The predicted molar refractivity (Wildman–Crippen MR) is 89.1 cm³/mol. The summed E-state index contributed by atoms with van der Waals surface area (Å²) >= 11 is 0. The summed E-state index contributed by atoms with van der Waals surface area (Å²) in [6.45, 7) is 4.17. The van der Waals surface area contributed by atoms with E-state index in [1.54, 1.807) is 8.61 Å². The standard InChI is InChI=1S/C16H25N3O3S/c20-16(15-6-2-1-3-7-15)14-17-10-12-19(13-11-17)23(21,22)18-8-4-5-9-18/h1-3,6-7,16,20H,4-5,8-14H2. The van der Waals surface area contributed by atoms with Crippen molar-refractivity contribution in [3.63, 3.8) is 0 Å². The Morgan fingerprint density at radius 1 is 0.913 bits per heavy atom. The Hall–Kier alpha value is -0.990. The molecule has 7 heteroatoms. The van der Waals surface area contributed by atoms with Crippen LogP contribution in [0.5, 0.6) is 0 Å². The number of nitrogens with zero attached hydrogens (tertiary/aromatic N) is 3. The van der Waals surface area contributed by atoms with E-state index in [0.717, 1.165) is 18.4 Å². The molecule has 2 aliphatic rings. The summed E-state index contributed by atoms with van der Waals surface area (Å²) in [5, 5.41) is 10.3. The average molecular weight is 339 g/mol. The van der Waals surface area contributed by atoms with E-state index in [0.29, 0.717) is 45.8 Å². The van der Waals surface area contributed by atoms with Crippen LogP contribution in [0.25, 0.3) is 0 Å². The molecule has 0 saturated carbocycles. The summed E-state index contributed by atoms with van der Waals surface area (Å²) in [4.78, 5) is 2.13. The number of hydrogen-bond donors (Lipinski definition) is 1. The van der Waals surface area contributed by atoms with Crippen LogP contribution in [-0.4, -0.2) is 72.8 Å². The number of aliphatic hydroxyl groups excluding tert-OH is 1. The lowest BCUT2D eigenvalue weighted by atomic mass is 10.1. The fraction of sp³-hybridized carbons (Fsp3) is 0.625. The normalized spacial score (nSPS) is 23.2. The van der Waals surface area contributed by atoms with E-state index in [1.165, 1.54) is 0 Å². The Balaban J connectivity index is 1.52. The first kappa shape index (κ1) is 16.9. The summed E-state index contributed by atoms with van der Waals surface area (Å²) in [6.07, 6.45) is 1.39. The van der Waals surface area contributed by atoms with Crippen LogP contribution in [0.1, 0.15) is 24.5 Å². The lowest BCUT2D eigenvalue weighted by molar-refractivity contribution is 0.0909. The van der Waals surface area contributed by atoms with Crippen LogP contribution in [-0.2, 0) is 10.2 Å². The van der Waals surface area contributed by atoms with Gasteiger partial charge in [0.1, 0.15) is 0 Å². The molecule has 1 N–H and O–H groups in total. The van der Waals surface area contributed by atoms with Crippen molar-refractivity contribution in [2.24, 2.45) is 0 Å². The maximum Gasteiger partial charge on any atom is 0.282 e. The molecule has 2 heterocycles. The topological polar surface area (TPSA) is 64.1 Å². The van der Waals surface area contributed by atoms with Gasteiger partial charge in [-0.2, -0.15) is 17.0 Å². The quantitative estimate of drug-likeness (QED) is 0.857. The van der Waals surface area contributed by atoms with Gasteiger partial charge in [-0.1, -0.05) is 30.3 Å².